The van der Waals surface area contributed by atoms with Crippen molar-refractivity contribution in [2.75, 3.05) is 24.2 Å². The van der Waals surface area contributed by atoms with Crippen LogP contribution in [0.5, 0.6) is 0 Å². The number of ether oxygens (including phenoxy) is 1. The van der Waals surface area contributed by atoms with Gasteiger partial charge in [-0.25, -0.2) is 14.0 Å². The number of hydrogen-bond acceptors (Lipinski definition) is 4. The largest absolute Gasteiger partial charge is 0.446 e. The summed E-state index contributed by atoms with van der Waals surface area (Å²) in [6.45, 7) is 0.977. The fraction of sp³-hybridized carbons (Fsp3) is 0.423. The van der Waals surface area contributed by atoms with Crippen molar-refractivity contribution in [3.63, 3.8) is 0 Å². The van der Waals surface area contributed by atoms with E-state index in [-0.39, 0.29) is 23.8 Å². The molecule has 4 amide bonds. The molecule has 4 rings (SSSR count). The van der Waals surface area contributed by atoms with Gasteiger partial charge in [-0.2, -0.15) is 0 Å². The molecular formula is C26H31FN4O4. The predicted octanol–water partition coefficient (Wildman–Crippen LogP) is 4.66. The molecule has 3 N–H and O–H groups in total. The highest BCUT2D eigenvalue weighted by atomic mass is 19.1. The number of urea groups is 1. The number of rotatable bonds is 5. The highest BCUT2D eigenvalue weighted by Gasteiger charge is 2.28. The van der Waals surface area contributed by atoms with Crippen LogP contribution in [0.25, 0.3) is 0 Å². The Morgan fingerprint density at radius 1 is 1.03 bits per heavy atom. The monoisotopic (exact) mass is 482 g/mol. The molecule has 35 heavy (non-hydrogen) atoms. The van der Waals surface area contributed by atoms with Gasteiger partial charge in [0.2, 0.25) is 5.91 Å². The summed E-state index contributed by atoms with van der Waals surface area (Å²) in [7, 11) is 1.65. The maximum absolute atomic E-state index is 13.7. The predicted molar refractivity (Wildman–Crippen MR) is 131 cm³/mol. The summed E-state index contributed by atoms with van der Waals surface area (Å²) in [5, 5.41) is 7.89. The van der Waals surface area contributed by atoms with Crippen LogP contribution in [-0.2, 0) is 22.5 Å². The van der Waals surface area contributed by atoms with Gasteiger partial charge < -0.3 is 25.6 Å². The van der Waals surface area contributed by atoms with Crippen molar-refractivity contribution in [3.05, 3.63) is 59.4 Å². The fourth-order valence-electron chi connectivity index (χ4n) is 4.67. The summed E-state index contributed by atoms with van der Waals surface area (Å²) in [5.41, 5.74) is 2.76. The molecule has 2 aliphatic rings. The average molecular weight is 483 g/mol. The van der Waals surface area contributed by atoms with Crippen molar-refractivity contribution in [1.82, 2.24) is 10.2 Å². The smallest absolute Gasteiger partial charge is 0.410 e. The zero-order valence-electron chi connectivity index (χ0n) is 19.8. The third-order valence-electron chi connectivity index (χ3n) is 6.67. The quantitative estimate of drug-likeness (QED) is 0.577. The molecule has 0 spiro atoms. The van der Waals surface area contributed by atoms with Gasteiger partial charge in [-0.15, -0.1) is 0 Å². The van der Waals surface area contributed by atoms with Gasteiger partial charge in [0.1, 0.15) is 11.9 Å². The van der Waals surface area contributed by atoms with E-state index in [9.17, 15) is 18.8 Å². The summed E-state index contributed by atoms with van der Waals surface area (Å²) in [5.74, 6) is -0.0955. The lowest BCUT2D eigenvalue weighted by Gasteiger charge is -2.32. The fourth-order valence-corrected chi connectivity index (χ4v) is 4.67. The minimum atomic E-state index is -0.527. The molecule has 1 aliphatic carbocycles. The molecule has 0 aromatic heterocycles. The van der Waals surface area contributed by atoms with Crippen molar-refractivity contribution in [1.29, 1.82) is 0 Å². The third-order valence-corrected chi connectivity index (χ3v) is 6.67. The number of carbonyl (C=O) groups is 3. The Balaban J connectivity index is 1.26. The molecule has 0 saturated heterocycles. The topological polar surface area (TPSA) is 99.8 Å². The number of halogens is 1. The number of nitrogens with one attached hydrogen (secondary N) is 3. The van der Waals surface area contributed by atoms with Crippen molar-refractivity contribution in [3.8, 4) is 0 Å². The number of carbonyl (C=O) groups excluding carboxylic acids is 3. The van der Waals surface area contributed by atoms with Gasteiger partial charge in [0.25, 0.3) is 0 Å². The molecular weight excluding hydrogens is 451 g/mol. The molecule has 9 heteroatoms. The molecule has 2 aromatic carbocycles. The maximum atomic E-state index is 13.7. The van der Waals surface area contributed by atoms with Gasteiger partial charge in [-0.1, -0.05) is 18.2 Å². The number of nitrogens with zero attached hydrogens (tertiary/aromatic N) is 1. The van der Waals surface area contributed by atoms with Crippen LogP contribution in [0.2, 0.25) is 0 Å². The summed E-state index contributed by atoms with van der Waals surface area (Å²) in [6.07, 6.45) is 4.09. The highest BCUT2D eigenvalue weighted by molar-refractivity contribution is 5.99. The second-order valence-electron chi connectivity index (χ2n) is 9.12. The Hall–Kier alpha value is -3.62. The van der Waals surface area contributed by atoms with Crippen LogP contribution in [0.1, 0.15) is 43.2 Å². The first-order valence-corrected chi connectivity index (χ1v) is 12.0. The second kappa shape index (κ2) is 11.2. The SMILES string of the molecule is CNC(=O)C[C@H]1CC[C@H](OC(=O)N2CCc3cc(NC(=O)Nc4ccccc4F)ccc3C2)CC1. The first kappa shape index (κ1) is 24.5. The van der Waals surface area contributed by atoms with Crippen LogP contribution in [0.4, 0.5) is 25.4 Å². The summed E-state index contributed by atoms with van der Waals surface area (Å²) in [6, 6.07) is 11.0. The van der Waals surface area contributed by atoms with E-state index >= 15 is 0 Å². The number of benzene rings is 2. The first-order chi connectivity index (χ1) is 16.9. The van der Waals surface area contributed by atoms with Gasteiger partial charge in [-0.05, 0) is 73.4 Å². The van der Waals surface area contributed by atoms with E-state index in [0.29, 0.717) is 37.5 Å². The Morgan fingerprint density at radius 3 is 2.54 bits per heavy atom. The van der Waals surface area contributed by atoms with E-state index in [1.807, 2.05) is 12.1 Å². The van der Waals surface area contributed by atoms with Gasteiger partial charge in [-0.3, -0.25) is 4.79 Å². The first-order valence-electron chi connectivity index (χ1n) is 12.0. The lowest BCUT2D eigenvalue weighted by molar-refractivity contribution is -0.122. The maximum Gasteiger partial charge on any atom is 0.410 e. The normalized spacial score (nSPS) is 19.3. The lowest BCUT2D eigenvalue weighted by atomic mass is 9.85. The Bertz CT molecular complexity index is 1080. The zero-order chi connectivity index (χ0) is 24.8. The molecule has 2 aromatic rings. The zero-order valence-corrected chi connectivity index (χ0v) is 19.8. The lowest BCUT2D eigenvalue weighted by Crippen LogP contribution is -2.39. The molecule has 1 heterocycles. The van der Waals surface area contributed by atoms with E-state index in [1.165, 1.54) is 12.1 Å². The molecule has 0 radical (unpaired) electrons. The van der Waals surface area contributed by atoms with Crippen LogP contribution in [0, 0.1) is 11.7 Å². The van der Waals surface area contributed by atoms with Gasteiger partial charge in [0, 0.05) is 32.2 Å². The Labute approximate surface area is 204 Å². The van der Waals surface area contributed by atoms with E-state index in [2.05, 4.69) is 16.0 Å². The number of fused-ring (bicyclic) bond motifs is 1. The van der Waals surface area contributed by atoms with E-state index in [0.717, 1.165) is 36.8 Å². The van der Waals surface area contributed by atoms with Gasteiger partial charge >= 0.3 is 12.1 Å². The summed E-state index contributed by atoms with van der Waals surface area (Å²) in [4.78, 5) is 38.3. The third kappa shape index (κ3) is 6.49. The van der Waals surface area contributed by atoms with Crippen molar-refractivity contribution in [2.45, 2.75) is 51.2 Å². The summed E-state index contributed by atoms with van der Waals surface area (Å²) >= 11 is 0. The van der Waals surface area contributed by atoms with Crippen molar-refractivity contribution < 1.29 is 23.5 Å². The highest BCUT2D eigenvalue weighted by Crippen LogP contribution is 2.30. The van der Waals surface area contributed by atoms with Gasteiger partial charge in [0.05, 0.1) is 5.69 Å². The van der Waals surface area contributed by atoms with Crippen molar-refractivity contribution in [2.24, 2.45) is 5.92 Å². The van der Waals surface area contributed by atoms with E-state index in [4.69, 9.17) is 4.74 Å². The average Bonchev–Trinajstić information content (AvgIpc) is 2.86. The van der Waals surface area contributed by atoms with E-state index < -0.39 is 11.8 Å². The molecule has 1 fully saturated rings. The number of para-hydroxylation sites is 1. The minimum Gasteiger partial charge on any atom is -0.446 e. The molecule has 1 saturated carbocycles. The number of hydrogen-bond donors (Lipinski definition) is 3. The Kier molecular flexibility index (Phi) is 7.84. The minimum absolute atomic E-state index is 0.0569. The Morgan fingerprint density at radius 2 is 1.80 bits per heavy atom. The molecule has 1 aliphatic heterocycles. The van der Waals surface area contributed by atoms with Crippen LogP contribution < -0.4 is 16.0 Å². The standard InChI is InChI=1S/C26H31FN4O4/c1-28-24(32)14-17-6-10-21(11-7-17)35-26(34)31-13-12-18-15-20(9-8-19(18)16-31)29-25(33)30-23-5-3-2-4-22(23)27/h2-5,8-9,15,17,21H,6-7,10-14,16H2,1H3,(H,28,32)(H2,29,30,33)/t17-,21-. The molecule has 186 valence electrons. The van der Waals surface area contributed by atoms with Crippen LogP contribution >= 0.6 is 0 Å². The second-order valence-corrected chi connectivity index (χ2v) is 9.12. The van der Waals surface area contributed by atoms with Crippen LogP contribution in [-0.4, -0.2) is 42.6 Å². The van der Waals surface area contributed by atoms with Crippen LogP contribution in [0.3, 0.4) is 0 Å². The summed E-state index contributed by atoms with van der Waals surface area (Å²) < 4.78 is 19.5. The van der Waals surface area contributed by atoms with Crippen LogP contribution in [0.15, 0.2) is 42.5 Å². The molecule has 0 atom stereocenters. The molecule has 8 nitrogen and oxygen atoms in total. The van der Waals surface area contributed by atoms with Crippen molar-refractivity contribution >= 4 is 29.4 Å². The van der Waals surface area contributed by atoms with E-state index in [1.54, 1.807) is 30.1 Å². The molecule has 0 bridgehead atoms. The number of amides is 4. The molecule has 0 unspecified atom stereocenters. The van der Waals surface area contributed by atoms with Gasteiger partial charge in [0.15, 0.2) is 0 Å². The number of anilines is 2.